The highest BCUT2D eigenvalue weighted by Crippen LogP contribution is 2.80. The number of likely N-dealkylation sites (tertiary alicyclic amines) is 1. The van der Waals surface area contributed by atoms with Crippen molar-refractivity contribution in [3.63, 3.8) is 0 Å². The summed E-state index contributed by atoms with van der Waals surface area (Å²) in [5, 5.41) is 25.1. The van der Waals surface area contributed by atoms with Gasteiger partial charge in [0, 0.05) is 46.4 Å². The first-order valence-corrected chi connectivity index (χ1v) is 14.3. The van der Waals surface area contributed by atoms with Gasteiger partial charge in [-0.15, -0.1) is 11.3 Å². The summed E-state index contributed by atoms with van der Waals surface area (Å²) in [7, 11) is 1.82. The molecular weight excluding hydrogens is 458 g/mol. The van der Waals surface area contributed by atoms with Crippen molar-refractivity contribution in [1.82, 2.24) is 4.90 Å². The summed E-state index contributed by atoms with van der Waals surface area (Å²) in [6.07, 6.45) is 6.87. The average molecular weight is 494 g/mol. The highest BCUT2D eigenvalue weighted by Gasteiger charge is 2.84. The number of piperidine rings is 1. The maximum Gasteiger partial charge on any atom is 0.165 e. The number of nitrogens with zero attached hydrogens (tertiary/aromatic N) is 1. The van der Waals surface area contributed by atoms with E-state index in [4.69, 9.17) is 9.47 Å². The van der Waals surface area contributed by atoms with Gasteiger partial charge in [0.25, 0.3) is 0 Å². The van der Waals surface area contributed by atoms with Gasteiger partial charge in [-0.2, -0.15) is 0 Å². The Morgan fingerprint density at radius 1 is 1.23 bits per heavy atom. The molecule has 9 rings (SSSR count). The van der Waals surface area contributed by atoms with Crippen LogP contribution in [0.1, 0.15) is 67.6 Å². The van der Waals surface area contributed by atoms with Gasteiger partial charge in [0.05, 0.1) is 6.10 Å². The number of aliphatic hydroxyl groups is 1. The van der Waals surface area contributed by atoms with Gasteiger partial charge >= 0.3 is 0 Å². The maximum absolute atomic E-state index is 12.0. The molecule has 7 atom stereocenters. The van der Waals surface area contributed by atoms with Gasteiger partial charge < -0.3 is 19.7 Å². The number of ether oxygens (including phenoxy) is 2. The molecule has 3 heterocycles. The highest BCUT2D eigenvalue weighted by molar-refractivity contribution is 7.10. The number of thiophene rings is 1. The van der Waals surface area contributed by atoms with Crippen molar-refractivity contribution in [2.75, 3.05) is 20.2 Å². The van der Waals surface area contributed by atoms with Crippen LogP contribution in [0.2, 0.25) is 0 Å². The van der Waals surface area contributed by atoms with E-state index in [0.717, 1.165) is 49.4 Å². The predicted molar refractivity (Wildman–Crippen MR) is 134 cm³/mol. The van der Waals surface area contributed by atoms with E-state index in [2.05, 4.69) is 29.3 Å². The molecule has 2 aromatic rings. The van der Waals surface area contributed by atoms with E-state index in [9.17, 15) is 10.2 Å². The lowest BCUT2D eigenvalue weighted by Gasteiger charge is -2.76. The Hall–Kier alpha value is -1.60. The molecule has 2 N–H and O–H groups in total. The average Bonchev–Trinajstić information content (AvgIpc) is 3.35. The molecule has 4 saturated carbocycles. The Balaban J connectivity index is 1.38. The monoisotopic (exact) mass is 493 g/mol. The van der Waals surface area contributed by atoms with Crippen molar-refractivity contribution in [3.8, 4) is 11.5 Å². The van der Waals surface area contributed by atoms with Crippen LogP contribution >= 0.6 is 11.3 Å². The molecule has 2 spiro atoms. The molecule has 6 heteroatoms. The number of benzene rings is 1. The molecular formula is C29H35NO4S. The van der Waals surface area contributed by atoms with Gasteiger partial charge in [-0.05, 0) is 80.5 Å². The molecule has 5 fully saturated rings. The molecule has 5 aliphatic carbocycles. The van der Waals surface area contributed by atoms with Crippen LogP contribution in [-0.2, 0) is 16.6 Å². The fourth-order valence-electron chi connectivity index (χ4n) is 9.97. The molecule has 4 bridgehead atoms. The Morgan fingerprint density at radius 3 is 2.83 bits per heavy atom. The number of hydrogen-bond donors (Lipinski definition) is 2. The van der Waals surface area contributed by atoms with Crippen molar-refractivity contribution in [3.05, 3.63) is 45.6 Å². The molecule has 0 unspecified atom stereocenters. The minimum absolute atomic E-state index is 0.00409. The van der Waals surface area contributed by atoms with Gasteiger partial charge in [-0.1, -0.05) is 19.1 Å². The number of hydrogen-bond acceptors (Lipinski definition) is 6. The lowest BCUT2D eigenvalue weighted by atomic mass is 9.31. The van der Waals surface area contributed by atoms with E-state index in [1.54, 1.807) is 11.3 Å². The molecule has 1 saturated heterocycles. The number of rotatable bonds is 5. The molecule has 1 aromatic heterocycles. The number of methoxy groups -OCH3 is 1. The zero-order valence-electron chi connectivity index (χ0n) is 20.6. The summed E-state index contributed by atoms with van der Waals surface area (Å²) in [4.78, 5) is 3.83. The summed E-state index contributed by atoms with van der Waals surface area (Å²) < 4.78 is 13.5. The fraction of sp³-hybridized carbons (Fsp3) is 0.655. The highest BCUT2D eigenvalue weighted by atomic mass is 32.1. The van der Waals surface area contributed by atoms with E-state index in [1.165, 1.54) is 30.5 Å². The van der Waals surface area contributed by atoms with E-state index >= 15 is 0 Å². The van der Waals surface area contributed by atoms with Crippen LogP contribution in [0.3, 0.4) is 0 Å². The van der Waals surface area contributed by atoms with E-state index in [0.29, 0.717) is 11.8 Å². The van der Waals surface area contributed by atoms with Gasteiger partial charge in [0.2, 0.25) is 0 Å². The van der Waals surface area contributed by atoms with Gasteiger partial charge in [-0.3, -0.25) is 4.90 Å². The molecule has 35 heavy (non-hydrogen) atoms. The first kappa shape index (κ1) is 21.5. The zero-order valence-corrected chi connectivity index (χ0v) is 21.4. The lowest BCUT2D eigenvalue weighted by molar-refractivity contribution is -0.324. The molecule has 186 valence electrons. The Bertz CT molecular complexity index is 1210. The summed E-state index contributed by atoms with van der Waals surface area (Å²) in [6.45, 7) is 4.55. The van der Waals surface area contributed by atoms with Crippen molar-refractivity contribution in [1.29, 1.82) is 0 Å². The number of aliphatic hydroxyl groups excluding tert-OH is 1. The largest absolute Gasteiger partial charge is 0.504 e. The minimum Gasteiger partial charge on any atom is -0.504 e. The first-order chi connectivity index (χ1) is 16.9. The molecule has 0 amide bonds. The van der Waals surface area contributed by atoms with E-state index in [1.807, 2.05) is 19.2 Å². The zero-order chi connectivity index (χ0) is 23.8. The Morgan fingerprint density at radius 2 is 2.09 bits per heavy atom. The van der Waals surface area contributed by atoms with E-state index in [-0.39, 0.29) is 22.7 Å². The third-order valence-corrected chi connectivity index (χ3v) is 12.4. The lowest BCUT2D eigenvalue weighted by Crippen LogP contribution is -2.83. The number of aromatic hydroxyl groups is 1. The normalized spacial score (nSPS) is 43.6. The number of phenols is 1. The van der Waals surface area contributed by atoms with Crippen LogP contribution in [0.4, 0.5) is 0 Å². The second-order valence-electron chi connectivity index (χ2n) is 12.6. The maximum atomic E-state index is 12.0. The van der Waals surface area contributed by atoms with Crippen molar-refractivity contribution in [2.24, 2.45) is 16.7 Å². The Kier molecular flexibility index (Phi) is 4.07. The van der Waals surface area contributed by atoms with Crippen molar-refractivity contribution >= 4 is 11.3 Å². The first-order valence-electron chi connectivity index (χ1n) is 13.4. The van der Waals surface area contributed by atoms with Crippen molar-refractivity contribution < 1.29 is 19.7 Å². The topological polar surface area (TPSA) is 62.2 Å². The predicted octanol–water partition coefficient (Wildman–Crippen LogP) is 4.80. The number of phenolic OH excluding ortho intramolecular Hbond substituents is 1. The van der Waals surface area contributed by atoms with Gasteiger partial charge in [0.1, 0.15) is 11.7 Å². The van der Waals surface area contributed by atoms with Crippen LogP contribution < -0.4 is 4.74 Å². The summed E-state index contributed by atoms with van der Waals surface area (Å²) in [6, 6.07) is 8.53. The Labute approximate surface area is 211 Å². The van der Waals surface area contributed by atoms with Crippen LogP contribution in [0.15, 0.2) is 29.6 Å². The standard InChI is InChI=1S/C29H35NO4S/c1-26(24(32)20-4-3-13-35-20)16-27-9-10-29(26,33-2)25-28(27)11-12-30(15-17-5-6-17)21(27)14-18-7-8-19(31)23(34-25)22(18)28/h3-4,7-8,13,17,21,24-25,31-32H,5-6,9-12,14-16H2,1-2H3/t21-,24-,25-,26-,27-,28+,29+/m1/s1. The molecule has 2 aliphatic heterocycles. The van der Waals surface area contributed by atoms with Gasteiger partial charge in [0.15, 0.2) is 11.5 Å². The van der Waals surface area contributed by atoms with Gasteiger partial charge in [-0.25, -0.2) is 0 Å². The summed E-state index contributed by atoms with van der Waals surface area (Å²) in [5.41, 5.74) is 1.36. The smallest absolute Gasteiger partial charge is 0.165 e. The molecule has 7 aliphatic rings. The second-order valence-corrected chi connectivity index (χ2v) is 13.6. The van der Waals surface area contributed by atoms with Crippen LogP contribution in [0, 0.1) is 16.7 Å². The molecule has 1 aromatic carbocycles. The second kappa shape index (κ2) is 6.63. The fourth-order valence-corrected chi connectivity index (χ4v) is 10.8. The molecule has 5 nitrogen and oxygen atoms in total. The molecule has 0 radical (unpaired) electrons. The quantitative estimate of drug-likeness (QED) is 0.627. The third kappa shape index (κ3) is 2.25. The van der Waals surface area contributed by atoms with E-state index < -0.39 is 17.1 Å². The summed E-state index contributed by atoms with van der Waals surface area (Å²) in [5.74, 6) is 1.80. The third-order valence-electron chi connectivity index (χ3n) is 11.5. The SMILES string of the molecule is CO[C@]12CC[C@@]3(C[C@]1(C)[C@H](O)c1cccs1)[C@H]1Cc4ccc(O)c5c4[C@@]3(CCN1CC1CC1)[C@H]2O5. The van der Waals surface area contributed by atoms with Crippen LogP contribution in [-0.4, -0.2) is 53.1 Å². The minimum atomic E-state index is -0.624. The van der Waals surface area contributed by atoms with Crippen molar-refractivity contribution in [2.45, 2.75) is 81.1 Å². The summed E-state index contributed by atoms with van der Waals surface area (Å²) >= 11 is 1.63. The van der Waals surface area contributed by atoms with Crippen LogP contribution in [0.25, 0.3) is 0 Å². The van der Waals surface area contributed by atoms with Crippen LogP contribution in [0.5, 0.6) is 11.5 Å². The number of fused-ring (bicyclic) bond motifs is 2.